The zero-order valence-electron chi connectivity index (χ0n) is 8.39. The predicted molar refractivity (Wildman–Crippen MR) is 56.7 cm³/mol. The number of nitrogens with zero attached hydrogens (tertiary/aromatic N) is 1. The van der Waals surface area contributed by atoms with Crippen LogP contribution in [0.4, 0.5) is 13.2 Å². The number of thiophene rings is 1. The van der Waals surface area contributed by atoms with E-state index in [4.69, 9.17) is 4.55 Å². The molecule has 0 bridgehead atoms. The van der Waals surface area contributed by atoms with Crippen LogP contribution in [0.1, 0.15) is 5.69 Å². The van der Waals surface area contributed by atoms with Crippen LogP contribution in [0.5, 0.6) is 0 Å². The van der Waals surface area contributed by atoms with Gasteiger partial charge in [0.15, 0.2) is 5.69 Å². The number of H-pyrrole nitrogens is 1. The molecule has 2 aromatic rings. The largest absolute Gasteiger partial charge is 0.435 e. The highest BCUT2D eigenvalue weighted by molar-refractivity contribution is 7.88. The molecule has 0 aliphatic heterocycles. The van der Waals surface area contributed by atoms with Gasteiger partial charge in [-0.05, 0) is 18.2 Å². The van der Waals surface area contributed by atoms with E-state index in [1.807, 2.05) is 0 Å². The molecule has 2 heterocycles. The van der Waals surface area contributed by atoms with Gasteiger partial charge >= 0.3 is 16.3 Å². The van der Waals surface area contributed by atoms with Gasteiger partial charge in [0.25, 0.3) is 0 Å². The highest BCUT2D eigenvalue weighted by Crippen LogP contribution is 2.33. The third-order valence-electron chi connectivity index (χ3n) is 1.97. The lowest BCUT2D eigenvalue weighted by atomic mass is 10.3. The Labute approximate surface area is 103 Å². The van der Waals surface area contributed by atoms with Crippen LogP contribution in [-0.4, -0.2) is 23.2 Å². The van der Waals surface area contributed by atoms with E-state index >= 15 is 0 Å². The molecule has 0 radical (unpaired) electrons. The normalized spacial score (nSPS) is 12.9. The number of aromatic amines is 1. The number of nitrogens with one attached hydrogen (secondary N) is 1. The Kier molecular flexibility index (Phi) is 2.95. The summed E-state index contributed by atoms with van der Waals surface area (Å²) < 4.78 is 66.9. The lowest BCUT2D eigenvalue weighted by Gasteiger charge is -1.98. The molecule has 0 aromatic carbocycles. The van der Waals surface area contributed by atoms with E-state index in [0.717, 1.165) is 12.1 Å². The van der Waals surface area contributed by atoms with E-state index in [0.29, 0.717) is 11.3 Å². The fraction of sp³-hybridized carbons (Fsp3) is 0.125. The van der Waals surface area contributed by atoms with Crippen molar-refractivity contribution in [3.05, 3.63) is 23.9 Å². The molecule has 98 valence electrons. The zero-order chi connectivity index (χ0) is 13.6. The van der Waals surface area contributed by atoms with Gasteiger partial charge < -0.3 is 0 Å². The second kappa shape index (κ2) is 4.07. The molecular formula is C8H5F3N2O3S2. The molecule has 0 amide bonds. The Hall–Kier alpha value is -1.39. The Bertz CT molecular complexity index is 672. The summed E-state index contributed by atoms with van der Waals surface area (Å²) in [5.74, 6) is 0. The smallest absolute Gasteiger partial charge is 0.281 e. The molecule has 2 rings (SSSR count). The van der Waals surface area contributed by atoms with Crippen molar-refractivity contribution in [2.75, 3.05) is 0 Å². The van der Waals surface area contributed by atoms with Crippen molar-refractivity contribution in [2.24, 2.45) is 0 Å². The van der Waals surface area contributed by atoms with Gasteiger partial charge in [-0.3, -0.25) is 9.65 Å². The molecule has 0 fully saturated rings. The monoisotopic (exact) mass is 298 g/mol. The zero-order valence-corrected chi connectivity index (χ0v) is 10.0. The molecule has 10 heteroatoms. The van der Waals surface area contributed by atoms with Gasteiger partial charge in [0.2, 0.25) is 0 Å². The molecule has 0 spiro atoms. The minimum absolute atomic E-state index is 0.0298. The maximum absolute atomic E-state index is 12.3. The topological polar surface area (TPSA) is 83.1 Å². The van der Waals surface area contributed by atoms with E-state index in [2.05, 4.69) is 10.2 Å². The molecule has 0 aliphatic rings. The highest BCUT2D eigenvalue weighted by atomic mass is 32.3. The van der Waals surface area contributed by atoms with Crippen LogP contribution in [-0.2, 0) is 16.3 Å². The summed E-state index contributed by atoms with van der Waals surface area (Å²) in [6.45, 7) is 0. The van der Waals surface area contributed by atoms with Crippen LogP contribution in [0.2, 0.25) is 0 Å². The lowest BCUT2D eigenvalue weighted by molar-refractivity contribution is -0.141. The van der Waals surface area contributed by atoms with Crippen LogP contribution in [0, 0.1) is 0 Å². The number of hydrogen-bond donors (Lipinski definition) is 2. The van der Waals surface area contributed by atoms with E-state index < -0.39 is 22.0 Å². The minimum Gasteiger partial charge on any atom is -0.281 e. The summed E-state index contributed by atoms with van der Waals surface area (Å²) in [7, 11) is -4.35. The summed E-state index contributed by atoms with van der Waals surface area (Å²) >= 11 is 0.640. The molecule has 2 N–H and O–H groups in total. The van der Waals surface area contributed by atoms with Gasteiger partial charge in [-0.15, -0.1) is 11.3 Å². The van der Waals surface area contributed by atoms with Gasteiger partial charge in [-0.25, -0.2) is 0 Å². The van der Waals surface area contributed by atoms with Crippen LogP contribution in [0.25, 0.3) is 10.6 Å². The van der Waals surface area contributed by atoms with Crippen molar-refractivity contribution in [2.45, 2.75) is 10.4 Å². The average molecular weight is 298 g/mol. The fourth-order valence-electron chi connectivity index (χ4n) is 1.20. The van der Waals surface area contributed by atoms with Crippen molar-refractivity contribution in [1.29, 1.82) is 0 Å². The minimum atomic E-state index is -4.57. The molecule has 0 aliphatic carbocycles. The van der Waals surface area contributed by atoms with Crippen LogP contribution < -0.4 is 0 Å². The quantitative estimate of drug-likeness (QED) is 0.834. The second-order valence-corrected chi connectivity index (χ2v) is 5.99. The van der Waals surface area contributed by atoms with Gasteiger partial charge in [-0.1, -0.05) is 0 Å². The summed E-state index contributed by atoms with van der Waals surface area (Å²) in [5.41, 5.74) is -1.07. The molecule has 5 nitrogen and oxygen atoms in total. The number of rotatable bonds is 2. The van der Waals surface area contributed by atoms with Crippen molar-refractivity contribution in [3.8, 4) is 10.6 Å². The molecule has 0 unspecified atom stereocenters. The first-order valence-corrected chi connectivity index (χ1v) is 6.64. The molecule has 0 atom stereocenters. The molecular weight excluding hydrogens is 293 g/mol. The Morgan fingerprint density at radius 3 is 2.44 bits per heavy atom. The lowest BCUT2D eigenvalue weighted by Crippen LogP contribution is -2.04. The number of hydrogen-bond acceptors (Lipinski definition) is 4. The molecule has 18 heavy (non-hydrogen) atoms. The first kappa shape index (κ1) is 13.1. The van der Waals surface area contributed by atoms with E-state index in [1.165, 1.54) is 6.07 Å². The number of halogens is 3. The third kappa shape index (κ3) is 2.54. The Balaban J connectivity index is 2.39. The SMILES string of the molecule is O=S(=O)(O)c1ccc(-c2cc(C(F)(F)F)n[nH]2)s1. The number of alkyl halides is 3. The van der Waals surface area contributed by atoms with Crippen molar-refractivity contribution >= 4 is 21.5 Å². The third-order valence-corrected chi connectivity index (χ3v) is 4.41. The van der Waals surface area contributed by atoms with Crippen LogP contribution >= 0.6 is 11.3 Å². The first-order valence-electron chi connectivity index (χ1n) is 4.38. The van der Waals surface area contributed by atoms with Crippen LogP contribution in [0.3, 0.4) is 0 Å². The van der Waals surface area contributed by atoms with E-state index in [9.17, 15) is 21.6 Å². The number of aromatic nitrogens is 2. The summed E-state index contributed by atoms with van der Waals surface area (Å²) in [4.78, 5) is 0.227. The van der Waals surface area contributed by atoms with E-state index in [-0.39, 0.29) is 14.8 Å². The Morgan fingerprint density at radius 1 is 1.33 bits per heavy atom. The van der Waals surface area contributed by atoms with Crippen molar-refractivity contribution in [1.82, 2.24) is 10.2 Å². The second-order valence-electron chi connectivity index (χ2n) is 3.26. The summed E-state index contributed by atoms with van der Waals surface area (Å²) in [5, 5.41) is 5.24. The molecule has 0 saturated carbocycles. The summed E-state index contributed by atoms with van der Waals surface area (Å²) in [6, 6.07) is 3.14. The standard InChI is InChI=1S/C8H5F3N2O3S2/c9-8(10,11)6-3-4(12-13-6)5-1-2-7(17-5)18(14,15)16/h1-3H,(H,12,13)(H,14,15,16). The maximum Gasteiger partial charge on any atom is 0.435 e. The Morgan fingerprint density at radius 2 is 2.00 bits per heavy atom. The fourth-order valence-corrected chi connectivity index (χ4v) is 2.83. The predicted octanol–water partition coefficient (Wildman–Crippen LogP) is 2.40. The highest BCUT2D eigenvalue weighted by Gasteiger charge is 2.34. The molecule has 2 aromatic heterocycles. The van der Waals surface area contributed by atoms with Gasteiger partial charge in [0, 0.05) is 0 Å². The van der Waals surface area contributed by atoms with Gasteiger partial charge in [0.05, 0.1) is 10.6 Å². The van der Waals surface area contributed by atoms with E-state index in [1.54, 1.807) is 0 Å². The van der Waals surface area contributed by atoms with Gasteiger partial charge in [-0.2, -0.15) is 26.7 Å². The summed E-state index contributed by atoms with van der Waals surface area (Å²) in [6.07, 6.45) is -4.57. The average Bonchev–Trinajstić information content (AvgIpc) is 2.84. The molecule has 0 saturated heterocycles. The van der Waals surface area contributed by atoms with Gasteiger partial charge in [0.1, 0.15) is 4.21 Å². The van der Waals surface area contributed by atoms with Crippen molar-refractivity contribution in [3.63, 3.8) is 0 Å². The van der Waals surface area contributed by atoms with Crippen LogP contribution in [0.15, 0.2) is 22.4 Å². The maximum atomic E-state index is 12.3. The van der Waals surface area contributed by atoms with Crippen molar-refractivity contribution < 1.29 is 26.1 Å². The first-order chi connectivity index (χ1) is 8.18.